The molecule has 8 nitrogen and oxygen atoms in total. The topological polar surface area (TPSA) is 89.5 Å². The summed E-state index contributed by atoms with van der Waals surface area (Å²) in [6.07, 6.45) is 2.13. The van der Waals surface area contributed by atoms with E-state index in [1.165, 1.54) is 42.7 Å². The van der Waals surface area contributed by atoms with E-state index in [1.54, 1.807) is 0 Å². The quantitative estimate of drug-likeness (QED) is 0.245. The van der Waals surface area contributed by atoms with Crippen LogP contribution in [0.4, 0.5) is 0 Å². The van der Waals surface area contributed by atoms with E-state index in [0.717, 1.165) is 0 Å². The van der Waals surface area contributed by atoms with Crippen molar-refractivity contribution in [1.82, 2.24) is 0 Å². The van der Waals surface area contributed by atoms with Gasteiger partial charge in [0, 0.05) is 66.6 Å². The molecular weight excluding hydrogens is 440 g/mol. The van der Waals surface area contributed by atoms with E-state index in [2.05, 4.69) is 25.3 Å². The van der Waals surface area contributed by atoms with E-state index in [9.17, 15) is 9.59 Å². The summed E-state index contributed by atoms with van der Waals surface area (Å²) in [4.78, 5) is 24.2. The predicted octanol–water partition coefficient (Wildman–Crippen LogP) is 2.45. The monoisotopic (exact) mass is 474 g/mol. The van der Waals surface area contributed by atoms with Gasteiger partial charge in [-0.3, -0.25) is 9.59 Å². The molecular formula is C16H34O8S2Si2. The largest absolute Gasteiger partial charge is 0.500 e. The SMILES string of the molecule is CO[Si](CCCC(C(=O)S)C(CCC[Si](OC)(OC)OC)C(=O)S)(OC)OC. The molecule has 0 saturated heterocycles. The molecule has 0 aliphatic rings. The van der Waals surface area contributed by atoms with Gasteiger partial charge in [0.1, 0.15) is 0 Å². The maximum atomic E-state index is 12.1. The molecule has 0 heterocycles. The number of carbonyl (C=O) groups excluding carboxylic acids is 2. The summed E-state index contributed by atoms with van der Waals surface area (Å²) in [6, 6.07) is 1.07. The van der Waals surface area contributed by atoms with E-state index < -0.39 is 29.4 Å². The summed E-state index contributed by atoms with van der Waals surface area (Å²) in [5, 5.41) is -0.665. The molecule has 0 amide bonds. The molecule has 0 aromatic rings. The van der Waals surface area contributed by atoms with Gasteiger partial charge >= 0.3 is 17.6 Å². The van der Waals surface area contributed by atoms with Crippen molar-refractivity contribution in [1.29, 1.82) is 0 Å². The standard InChI is InChI=1S/C16H34O8S2Si2/c1-19-27(20-2,21-3)11-7-9-13(15(17)25)14(16(18)26)10-8-12-28(22-4,23-5)24-6/h13-14H,7-12H2,1-6H3,(H,17,25)(H,18,26). The smallest absolute Gasteiger partial charge is 0.377 e. The highest BCUT2D eigenvalue weighted by molar-refractivity contribution is 7.97. The Morgan fingerprint density at radius 2 is 0.893 bits per heavy atom. The van der Waals surface area contributed by atoms with Crippen LogP contribution >= 0.6 is 25.3 Å². The van der Waals surface area contributed by atoms with Crippen LogP contribution in [0.3, 0.4) is 0 Å². The molecule has 2 unspecified atom stereocenters. The fraction of sp³-hybridized carbons (Fsp3) is 0.875. The Hall–Kier alpha value is 0.234. The predicted molar refractivity (Wildman–Crippen MR) is 117 cm³/mol. The Labute approximate surface area is 181 Å². The molecule has 12 heteroatoms. The number of hydrogen-bond acceptors (Lipinski definition) is 8. The van der Waals surface area contributed by atoms with Crippen molar-refractivity contribution in [3.8, 4) is 0 Å². The zero-order valence-electron chi connectivity index (χ0n) is 17.6. The van der Waals surface area contributed by atoms with Crippen LogP contribution in [0.2, 0.25) is 12.1 Å². The van der Waals surface area contributed by atoms with Gasteiger partial charge in [-0.1, -0.05) is 0 Å². The van der Waals surface area contributed by atoms with E-state index in [0.29, 0.717) is 37.8 Å². The Bertz CT molecular complexity index is 417. The lowest BCUT2D eigenvalue weighted by molar-refractivity contribution is -0.123. The van der Waals surface area contributed by atoms with Crippen LogP contribution in [0, 0.1) is 11.8 Å². The van der Waals surface area contributed by atoms with E-state index in [-0.39, 0.29) is 10.2 Å². The molecule has 0 spiro atoms. The first-order valence-corrected chi connectivity index (χ1v) is 13.7. The average molecular weight is 475 g/mol. The van der Waals surface area contributed by atoms with Crippen LogP contribution in [0.25, 0.3) is 0 Å². The number of hydrogen-bond donors (Lipinski definition) is 2. The van der Waals surface area contributed by atoms with Crippen LogP contribution in [0.5, 0.6) is 0 Å². The first kappa shape index (κ1) is 28.2. The molecule has 28 heavy (non-hydrogen) atoms. The van der Waals surface area contributed by atoms with E-state index >= 15 is 0 Å². The lowest BCUT2D eigenvalue weighted by atomic mass is 9.87. The second kappa shape index (κ2) is 14.3. The van der Waals surface area contributed by atoms with Gasteiger partial charge in [-0.25, -0.2) is 0 Å². The maximum absolute atomic E-state index is 12.1. The van der Waals surface area contributed by atoms with Gasteiger partial charge in [0.2, 0.25) is 0 Å². The van der Waals surface area contributed by atoms with Gasteiger partial charge in [0.15, 0.2) is 10.2 Å². The van der Waals surface area contributed by atoms with Gasteiger partial charge in [0.25, 0.3) is 0 Å². The molecule has 0 aliphatic heterocycles. The molecule has 166 valence electrons. The highest BCUT2D eigenvalue weighted by Crippen LogP contribution is 2.31. The maximum Gasteiger partial charge on any atom is 0.500 e. The van der Waals surface area contributed by atoms with E-state index in [1.807, 2.05) is 0 Å². The van der Waals surface area contributed by atoms with Crippen LogP contribution in [0.1, 0.15) is 25.7 Å². The molecule has 0 fully saturated rings. The highest BCUT2D eigenvalue weighted by atomic mass is 32.1. The molecule has 2 atom stereocenters. The van der Waals surface area contributed by atoms with Crippen LogP contribution < -0.4 is 0 Å². The minimum atomic E-state index is -2.73. The van der Waals surface area contributed by atoms with Crippen LogP contribution in [-0.2, 0) is 36.1 Å². The molecule has 0 bridgehead atoms. The van der Waals surface area contributed by atoms with Crippen molar-refractivity contribution >= 4 is 53.1 Å². The zero-order valence-corrected chi connectivity index (χ0v) is 21.3. The first-order valence-electron chi connectivity index (χ1n) is 8.96. The fourth-order valence-corrected chi connectivity index (χ4v) is 7.30. The minimum absolute atomic E-state index is 0.333. The Morgan fingerprint density at radius 3 is 1.07 bits per heavy atom. The Balaban J connectivity index is 5.01. The molecule has 0 saturated carbocycles. The van der Waals surface area contributed by atoms with Crippen molar-refractivity contribution < 1.29 is 36.1 Å². The highest BCUT2D eigenvalue weighted by Gasteiger charge is 2.40. The lowest BCUT2D eigenvalue weighted by Crippen LogP contribution is -2.43. The molecule has 0 radical (unpaired) electrons. The summed E-state index contributed by atoms with van der Waals surface area (Å²) in [7, 11) is 3.78. The van der Waals surface area contributed by atoms with Gasteiger partial charge in [-0.2, -0.15) is 0 Å². The molecule has 0 rings (SSSR count). The molecule has 0 N–H and O–H groups in total. The molecule has 0 aliphatic carbocycles. The summed E-state index contributed by atoms with van der Waals surface area (Å²) < 4.78 is 32.4. The first-order chi connectivity index (χ1) is 13.2. The van der Waals surface area contributed by atoms with Crippen molar-refractivity contribution in [3.63, 3.8) is 0 Å². The van der Waals surface area contributed by atoms with Gasteiger partial charge in [-0.15, -0.1) is 25.3 Å². The van der Waals surface area contributed by atoms with Crippen molar-refractivity contribution in [2.24, 2.45) is 11.8 Å². The Morgan fingerprint density at radius 1 is 0.643 bits per heavy atom. The third-order valence-corrected chi connectivity index (χ3v) is 11.3. The second-order valence-electron chi connectivity index (χ2n) is 6.26. The van der Waals surface area contributed by atoms with Gasteiger partial charge < -0.3 is 26.6 Å². The van der Waals surface area contributed by atoms with Gasteiger partial charge in [0.05, 0.1) is 0 Å². The second-order valence-corrected chi connectivity index (χ2v) is 13.3. The van der Waals surface area contributed by atoms with E-state index in [4.69, 9.17) is 26.6 Å². The average Bonchev–Trinajstić information content (AvgIpc) is 2.70. The summed E-state index contributed by atoms with van der Waals surface area (Å²) in [5.41, 5.74) is 0. The minimum Gasteiger partial charge on any atom is -0.377 e. The van der Waals surface area contributed by atoms with Crippen LogP contribution in [-0.4, -0.2) is 70.5 Å². The van der Waals surface area contributed by atoms with Crippen molar-refractivity contribution in [2.75, 3.05) is 42.7 Å². The molecule has 0 aromatic carbocycles. The fourth-order valence-electron chi connectivity index (χ4n) is 3.18. The number of carbonyl (C=O) groups is 2. The lowest BCUT2D eigenvalue weighted by Gasteiger charge is -2.27. The number of rotatable bonds is 17. The summed E-state index contributed by atoms with van der Waals surface area (Å²) in [6.45, 7) is 0. The number of thiol groups is 2. The normalized spacial score (nSPS) is 14.7. The zero-order chi connectivity index (χ0) is 21.8. The third kappa shape index (κ3) is 8.54. The van der Waals surface area contributed by atoms with Gasteiger partial charge in [-0.05, 0) is 25.7 Å². The van der Waals surface area contributed by atoms with Crippen LogP contribution in [0.15, 0.2) is 0 Å². The summed E-state index contributed by atoms with van der Waals surface area (Å²) in [5.74, 6) is -1.09. The van der Waals surface area contributed by atoms with Crippen molar-refractivity contribution in [3.05, 3.63) is 0 Å². The summed E-state index contributed by atoms with van der Waals surface area (Å²) >= 11 is 8.01. The third-order valence-electron chi connectivity index (χ3n) is 4.98. The Kier molecular flexibility index (Phi) is 14.4. The molecule has 0 aromatic heterocycles. The van der Waals surface area contributed by atoms with Crippen molar-refractivity contribution in [2.45, 2.75) is 37.8 Å².